The van der Waals surface area contributed by atoms with Gasteiger partial charge in [0.1, 0.15) is 5.01 Å². The van der Waals surface area contributed by atoms with Gasteiger partial charge in [0, 0.05) is 39.6 Å². The molecule has 0 bridgehead atoms. The molecule has 29 heavy (non-hydrogen) atoms. The van der Waals surface area contributed by atoms with E-state index in [1.807, 2.05) is 11.3 Å². The molecule has 3 aromatic heterocycles. The van der Waals surface area contributed by atoms with Gasteiger partial charge in [-0.05, 0) is 44.2 Å². The number of rotatable bonds is 5. The normalized spacial score (nSPS) is 13.6. The molecule has 7 heteroatoms. The van der Waals surface area contributed by atoms with Crippen molar-refractivity contribution in [3.05, 3.63) is 56.7 Å². The zero-order valence-corrected chi connectivity index (χ0v) is 19.0. The van der Waals surface area contributed by atoms with E-state index in [4.69, 9.17) is 4.98 Å². The highest BCUT2D eigenvalue weighted by atomic mass is 32.2. The second-order valence-electron chi connectivity index (χ2n) is 7.43. The molecule has 0 spiro atoms. The van der Waals surface area contributed by atoms with Gasteiger partial charge in [0.2, 0.25) is 0 Å². The SMILES string of the molecule is Cc1cccc(-c2nc(CSc3nnc(-c4csc5c4CCCC5)n3C)cs2)c1. The van der Waals surface area contributed by atoms with Crippen LogP contribution in [-0.4, -0.2) is 19.7 Å². The summed E-state index contributed by atoms with van der Waals surface area (Å²) < 4.78 is 2.13. The Morgan fingerprint density at radius 3 is 2.90 bits per heavy atom. The van der Waals surface area contributed by atoms with E-state index in [-0.39, 0.29) is 0 Å². The number of aromatic nitrogens is 4. The molecule has 0 aliphatic heterocycles. The molecular weight excluding hydrogens is 416 g/mol. The van der Waals surface area contributed by atoms with Gasteiger partial charge >= 0.3 is 0 Å². The maximum atomic E-state index is 4.82. The minimum absolute atomic E-state index is 0.802. The zero-order chi connectivity index (χ0) is 19.8. The standard InChI is InChI=1S/C22H22N4S3/c1-14-6-5-7-15(10-14)21-23-16(11-28-21)12-29-22-25-24-20(26(22)2)18-13-27-19-9-4-3-8-17(18)19/h5-7,10-11,13H,3-4,8-9,12H2,1-2H3. The van der Waals surface area contributed by atoms with Crippen LogP contribution in [0.2, 0.25) is 0 Å². The lowest BCUT2D eigenvalue weighted by molar-refractivity contribution is 0.696. The fourth-order valence-electron chi connectivity index (χ4n) is 3.78. The minimum atomic E-state index is 0.802. The first-order valence-corrected chi connectivity index (χ1v) is 12.6. The van der Waals surface area contributed by atoms with Crippen LogP contribution in [0, 0.1) is 6.92 Å². The second kappa shape index (κ2) is 8.05. The molecule has 1 aromatic carbocycles. The Labute approximate surface area is 183 Å². The molecule has 0 unspecified atom stereocenters. The van der Waals surface area contributed by atoms with E-state index in [1.54, 1.807) is 23.1 Å². The molecule has 1 aliphatic rings. The smallest absolute Gasteiger partial charge is 0.191 e. The van der Waals surface area contributed by atoms with Crippen molar-refractivity contribution in [2.75, 3.05) is 0 Å². The van der Waals surface area contributed by atoms with Crippen molar-refractivity contribution < 1.29 is 0 Å². The number of benzene rings is 1. The number of hydrogen-bond donors (Lipinski definition) is 0. The van der Waals surface area contributed by atoms with Crippen molar-refractivity contribution >= 4 is 34.4 Å². The van der Waals surface area contributed by atoms with Crippen molar-refractivity contribution in [2.24, 2.45) is 7.05 Å². The van der Waals surface area contributed by atoms with E-state index < -0.39 is 0 Å². The molecule has 4 aromatic rings. The number of fused-ring (bicyclic) bond motifs is 1. The summed E-state index contributed by atoms with van der Waals surface area (Å²) in [6.07, 6.45) is 4.98. The highest BCUT2D eigenvalue weighted by Gasteiger charge is 2.21. The van der Waals surface area contributed by atoms with Crippen LogP contribution in [0.15, 0.2) is 40.2 Å². The van der Waals surface area contributed by atoms with E-state index in [1.165, 1.54) is 52.8 Å². The summed E-state index contributed by atoms with van der Waals surface area (Å²) in [7, 11) is 2.07. The van der Waals surface area contributed by atoms with Gasteiger partial charge in [-0.25, -0.2) is 4.98 Å². The molecule has 0 saturated carbocycles. The van der Waals surface area contributed by atoms with Gasteiger partial charge in [0.05, 0.1) is 5.69 Å². The topological polar surface area (TPSA) is 43.6 Å². The Kier molecular flexibility index (Phi) is 5.28. The number of aryl methyl sites for hydroxylation is 2. The Bertz CT molecular complexity index is 1150. The number of thiazole rings is 1. The third kappa shape index (κ3) is 3.79. The van der Waals surface area contributed by atoms with Crippen LogP contribution in [0.25, 0.3) is 22.0 Å². The van der Waals surface area contributed by atoms with Gasteiger partial charge < -0.3 is 4.57 Å². The van der Waals surface area contributed by atoms with Crippen LogP contribution in [0.1, 0.15) is 34.5 Å². The molecule has 0 radical (unpaired) electrons. The quantitative estimate of drug-likeness (QED) is 0.351. The van der Waals surface area contributed by atoms with Crippen molar-refractivity contribution in [3.8, 4) is 22.0 Å². The summed E-state index contributed by atoms with van der Waals surface area (Å²) in [5.41, 5.74) is 6.32. The van der Waals surface area contributed by atoms with Crippen molar-refractivity contribution in [3.63, 3.8) is 0 Å². The first-order valence-electron chi connectivity index (χ1n) is 9.82. The molecule has 0 amide bonds. The molecule has 1 aliphatic carbocycles. The first kappa shape index (κ1) is 19.0. The van der Waals surface area contributed by atoms with Crippen LogP contribution in [-0.2, 0) is 25.6 Å². The van der Waals surface area contributed by atoms with Crippen LogP contribution in [0.5, 0.6) is 0 Å². The molecule has 0 fully saturated rings. The largest absolute Gasteiger partial charge is 0.305 e. The van der Waals surface area contributed by atoms with E-state index in [0.717, 1.165) is 27.4 Å². The van der Waals surface area contributed by atoms with Gasteiger partial charge in [-0.1, -0.05) is 35.5 Å². The Morgan fingerprint density at radius 1 is 1.10 bits per heavy atom. The molecular formula is C22H22N4S3. The second-order valence-corrected chi connectivity index (χ2v) is 10.2. The van der Waals surface area contributed by atoms with E-state index in [2.05, 4.69) is 63.8 Å². The monoisotopic (exact) mass is 438 g/mol. The molecule has 4 nitrogen and oxygen atoms in total. The summed E-state index contributed by atoms with van der Waals surface area (Å²) >= 11 is 5.29. The Morgan fingerprint density at radius 2 is 2.00 bits per heavy atom. The fourth-order valence-corrected chi connectivity index (χ4v) is 6.63. The van der Waals surface area contributed by atoms with Gasteiger partial charge in [-0.2, -0.15) is 0 Å². The van der Waals surface area contributed by atoms with Crippen LogP contribution in [0.3, 0.4) is 0 Å². The third-order valence-corrected chi connectivity index (χ3v) is 8.39. The Hall–Kier alpha value is -1.96. The minimum Gasteiger partial charge on any atom is -0.305 e. The molecule has 3 heterocycles. The average molecular weight is 439 g/mol. The number of thiophene rings is 1. The summed E-state index contributed by atoms with van der Waals surface area (Å²) in [5.74, 6) is 1.79. The molecule has 0 saturated heterocycles. The van der Waals surface area contributed by atoms with Gasteiger partial charge in [-0.3, -0.25) is 0 Å². The summed E-state index contributed by atoms with van der Waals surface area (Å²) in [5, 5.41) is 15.4. The van der Waals surface area contributed by atoms with Crippen molar-refractivity contribution in [2.45, 2.75) is 43.5 Å². The van der Waals surface area contributed by atoms with Crippen LogP contribution < -0.4 is 0 Å². The van der Waals surface area contributed by atoms with Crippen LogP contribution >= 0.6 is 34.4 Å². The molecule has 0 N–H and O–H groups in total. The molecule has 148 valence electrons. The lowest BCUT2D eigenvalue weighted by atomic mass is 9.96. The van der Waals surface area contributed by atoms with Crippen LogP contribution in [0.4, 0.5) is 0 Å². The Balaban J connectivity index is 1.32. The highest BCUT2D eigenvalue weighted by Crippen LogP contribution is 2.37. The van der Waals surface area contributed by atoms with Gasteiger partial charge in [0.25, 0.3) is 0 Å². The number of nitrogens with zero attached hydrogens (tertiary/aromatic N) is 4. The maximum absolute atomic E-state index is 4.82. The van der Waals surface area contributed by atoms with Crippen molar-refractivity contribution in [1.29, 1.82) is 0 Å². The van der Waals surface area contributed by atoms with E-state index in [9.17, 15) is 0 Å². The first-order chi connectivity index (χ1) is 14.2. The van der Waals surface area contributed by atoms with Crippen molar-refractivity contribution in [1.82, 2.24) is 19.7 Å². The summed E-state index contributed by atoms with van der Waals surface area (Å²) in [6, 6.07) is 8.51. The summed E-state index contributed by atoms with van der Waals surface area (Å²) in [6.45, 7) is 2.12. The highest BCUT2D eigenvalue weighted by molar-refractivity contribution is 7.98. The predicted molar refractivity (Wildman–Crippen MR) is 123 cm³/mol. The van der Waals surface area contributed by atoms with Gasteiger partial charge in [0.15, 0.2) is 11.0 Å². The van der Waals surface area contributed by atoms with E-state index >= 15 is 0 Å². The predicted octanol–water partition coefficient (Wildman–Crippen LogP) is 6.15. The number of hydrogen-bond acceptors (Lipinski definition) is 6. The zero-order valence-electron chi connectivity index (χ0n) is 16.5. The molecule has 0 atom stereocenters. The fraction of sp³-hybridized carbons (Fsp3) is 0.318. The maximum Gasteiger partial charge on any atom is 0.191 e. The lowest BCUT2D eigenvalue weighted by Gasteiger charge is -2.12. The van der Waals surface area contributed by atoms with E-state index in [0.29, 0.717) is 0 Å². The molecule has 5 rings (SSSR count). The van der Waals surface area contributed by atoms with Gasteiger partial charge in [-0.15, -0.1) is 32.9 Å². The lowest BCUT2D eigenvalue weighted by Crippen LogP contribution is -2.02. The summed E-state index contributed by atoms with van der Waals surface area (Å²) in [4.78, 5) is 6.36. The third-order valence-electron chi connectivity index (χ3n) is 5.30. The average Bonchev–Trinajstić information content (AvgIpc) is 3.45. The number of thioether (sulfide) groups is 1.